The van der Waals surface area contributed by atoms with Crippen molar-refractivity contribution in [3.05, 3.63) is 149 Å². The van der Waals surface area contributed by atoms with Crippen LogP contribution in [0.15, 0.2) is 115 Å². The van der Waals surface area contributed by atoms with E-state index < -0.39 is 5.41 Å². The van der Waals surface area contributed by atoms with Gasteiger partial charge in [-0.1, -0.05) is 137 Å². The third-order valence-corrected chi connectivity index (χ3v) is 11.5. The smallest absolute Gasteiger partial charge is 0.162 e. The van der Waals surface area contributed by atoms with Gasteiger partial charge >= 0.3 is 0 Å². The first-order chi connectivity index (χ1) is 25.3. The number of aliphatic hydroxyl groups excluding tert-OH is 1. The van der Waals surface area contributed by atoms with Gasteiger partial charge < -0.3 is 5.11 Å². The molecule has 0 amide bonds. The van der Waals surface area contributed by atoms with Crippen LogP contribution in [0.4, 0.5) is 0 Å². The zero-order valence-corrected chi connectivity index (χ0v) is 34.2. The van der Waals surface area contributed by atoms with E-state index in [0.29, 0.717) is 5.92 Å². The number of nitrogens with zero attached hydrogens (tertiary/aromatic N) is 1. The fraction of sp³-hybridized carbons (Fsp3) is 0.306. The summed E-state index contributed by atoms with van der Waals surface area (Å²) >= 11 is 0. The fourth-order valence-corrected chi connectivity index (χ4v) is 8.87. The van der Waals surface area contributed by atoms with E-state index in [0.717, 1.165) is 48.9 Å². The molecule has 0 saturated carbocycles. The average molecular weight is 877 g/mol. The predicted molar refractivity (Wildman–Crippen MR) is 217 cm³/mol. The zero-order valence-electron chi connectivity index (χ0n) is 31.8. The van der Waals surface area contributed by atoms with E-state index in [2.05, 4.69) is 123 Å². The van der Waals surface area contributed by atoms with Crippen LogP contribution in [0.2, 0.25) is 0 Å². The molecule has 0 saturated heterocycles. The van der Waals surface area contributed by atoms with Crippen LogP contribution in [0.3, 0.4) is 0 Å². The number of carbonyl (C=O) groups excluding carboxylic acids is 1. The van der Waals surface area contributed by atoms with Crippen molar-refractivity contribution in [1.29, 1.82) is 0 Å². The molecule has 0 unspecified atom stereocenters. The topological polar surface area (TPSA) is 50.2 Å². The van der Waals surface area contributed by atoms with Crippen LogP contribution in [0.25, 0.3) is 44.1 Å². The molecule has 0 aliphatic heterocycles. The molecule has 1 aromatic heterocycles. The molecule has 2 aliphatic carbocycles. The van der Waals surface area contributed by atoms with Crippen molar-refractivity contribution in [1.82, 2.24) is 4.98 Å². The van der Waals surface area contributed by atoms with E-state index in [4.69, 9.17) is 4.98 Å². The number of allylic oxidation sites excluding steroid dienone is 2. The molecule has 2 aliphatic rings. The van der Waals surface area contributed by atoms with Gasteiger partial charge in [0, 0.05) is 43.4 Å². The van der Waals surface area contributed by atoms with Crippen LogP contribution in [-0.2, 0) is 36.7 Å². The number of aliphatic hydroxyl groups is 1. The van der Waals surface area contributed by atoms with Crippen LogP contribution < -0.4 is 0 Å². The number of rotatable bonds is 9. The van der Waals surface area contributed by atoms with Crippen molar-refractivity contribution in [3.63, 3.8) is 0 Å². The normalized spacial score (nSPS) is 13.5. The van der Waals surface area contributed by atoms with Crippen LogP contribution >= 0.6 is 0 Å². The molecule has 5 aromatic carbocycles. The van der Waals surface area contributed by atoms with Gasteiger partial charge in [-0.3, -0.25) is 9.78 Å². The van der Waals surface area contributed by atoms with Gasteiger partial charge in [0.2, 0.25) is 0 Å². The second kappa shape index (κ2) is 15.9. The molecule has 0 atom stereocenters. The summed E-state index contributed by atoms with van der Waals surface area (Å²) in [5, 5.41) is 13.5. The number of aromatic nitrogens is 1. The van der Waals surface area contributed by atoms with Gasteiger partial charge in [-0.2, -0.15) is 0 Å². The van der Waals surface area contributed by atoms with E-state index in [1.807, 2.05) is 27.7 Å². The molecular weight excluding hydrogens is 827 g/mol. The maximum Gasteiger partial charge on any atom is 0.162 e. The Balaban J connectivity index is 0.000000258. The summed E-state index contributed by atoms with van der Waals surface area (Å²) in [6.07, 6.45) is 5.94. The summed E-state index contributed by atoms with van der Waals surface area (Å²) in [4.78, 5) is 17.2. The average Bonchev–Trinajstić information content (AvgIpc) is 3.45. The number of hydrogen-bond donors (Lipinski definition) is 1. The maximum atomic E-state index is 11.7. The Hall–Kier alpha value is -4.37. The van der Waals surface area contributed by atoms with Crippen molar-refractivity contribution in [3.8, 4) is 22.4 Å². The van der Waals surface area contributed by atoms with Gasteiger partial charge in [-0.25, -0.2) is 0 Å². The maximum absolute atomic E-state index is 11.7. The largest absolute Gasteiger partial charge is 0.512 e. The third kappa shape index (κ3) is 6.49. The molecule has 4 heteroatoms. The van der Waals surface area contributed by atoms with Crippen molar-refractivity contribution < 1.29 is 30.0 Å². The van der Waals surface area contributed by atoms with Crippen molar-refractivity contribution in [2.24, 2.45) is 17.8 Å². The molecule has 273 valence electrons. The first-order valence-electron chi connectivity index (χ1n) is 19.3. The number of benzene rings is 5. The fourth-order valence-electron chi connectivity index (χ4n) is 8.87. The molecule has 6 aromatic rings. The Labute approximate surface area is 328 Å². The zero-order chi connectivity index (χ0) is 36.6. The summed E-state index contributed by atoms with van der Waals surface area (Å²) in [6.45, 7) is 12.7. The van der Waals surface area contributed by atoms with Crippen molar-refractivity contribution in [2.45, 2.75) is 79.1 Å². The van der Waals surface area contributed by atoms with Gasteiger partial charge in [0.1, 0.15) is 0 Å². The van der Waals surface area contributed by atoms with Gasteiger partial charge in [0.15, 0.2) is 5.78 Å². The Morgan fingerprint density at radius 1 is 0.755 bits per heavy atom. The molecule has 0 fully saturated rings. The van der Waals surface area contributed by atoms with Crippen LogP contribution in [-0.4, -0.2) is 15.9 Å². The predicted octanol–water partition coefficient (Wildman–Crippen LogP) is 12.6. The van der Waals surface area contributed by atoms with Gasteiger partial charge in [-0.15, -0.1) is 29.1 Å². The minimum Gasteiger partial charge on any atom is -0.512 e. The quantitative estimate of drug-likeness (QED) is 0.0893. The number of ketones is 1. The van der Waals surface area contributed by atoms with E-state index in [1.165, 1.54) is 61.2 Å². The monoisotopic (exact) mass is 877 g/mol. The Morgan fingerprint density at radius 3 is 1.98 bits per heavy atom. The molecule has 1 N–H and O–H groups in total. The van der Waals surface area contributed by atoms with Crippen molar-refractivity contribution >= 4 is 27.5 Å². The summed E-state index contributed by atoms with van der Waals surface area (Å²) < 4.78 is 0. The number of hydrogen-bond acceptors (Lipinski definition) is 3. The molecule has 3 nitrogen and oxygen atoms in total. The van der Waals surface area contributed by atoms with E-state index in [-0.39, 0.29) is 43.5 Å². The molecule has 1 heterocycles. The van der Waals surface area contributed by atoms with Crippen LogP contribution in [0.5, 0.6) is 0 Å². The first kappa shape index (κ1) is 38.4. The SMILES string of the molecule is CC(C)Cc1cccc2nc3c(cc12)C1(c2ccccc2-c2ccccc21)c1cccc2cc[c-]c-3c12.CCC(CC)C(=O)/C=C(\O)C(CC)CC.[Ir]. The summed E-state index contributed by atoms with van der Waals surface area (Å²) in [7, 11) is 0. The number of fused-ring (bicyclic) bond motifs is 10. The summed E-state index contributed by atoms with van der Waals surface area (Å²) in [6, 6.07) is 41.7. The molecule has 1 spiro atoms. The van der Waals surface area contributed by atoms with Crippen LogP contribution in [0, 0.1) is 23.8 Å². The Kier molecular flexibility index (Phi) is 11.5. The second-order valence-electron chi connectivity index (χ2n) is 14.9. The van der Waals surface area contributed by atoms with Crippen LogP contribution in [0.1, 0.15) is 95.0 Å². The molecule has 53 heavy (non-hydrogen) atoms. The molecular formula is C49H50IrNO2-. The molecule has 8 rings (SSSR count). The first-order valence-corrected chi connectivity index (χ1v) is 19.3. The van der Waals surface area contributed by atoms with E-state index >= 15 is 0 Å². The second-order valence-corrected chi connectivity index (χ2v) is 14.9. The molecule has 0 bridgehead atoms. The Morgan fingerprint density at radius 2 is 1.36 bits per heavy atom. The van der Waals surface area contributed by atoms with Crippen molar-refractivity contribution in [2.75, 3.05) is 0 Å². The van der Waals surface area contributed by atoms with E-state index in [1.54, 1.807) is 0 Å². The van der Waals surface area contributed by atoms with Gasteiger partial charge in [0.25, 0.3) is 0 Å². The standard InChI is InChI=1S/C36H26N.C13H24O2.Ir/c1-22(2)20-24-12-9-19-33-28(24)21-32-35(37-33)27-15-7-10-23-11-8-18-31(34(23)27)36(32)29-16-5-3-13-25(29)26-14-4-6-17-30(26)36;1-5-10(6-2)12(14)9-13(15)11(7-3)8-4;/h3-14,16-19,21-22H,20H2,1-2H3;9-11,14H,5-8H2,1-4H3;/q-1;;/b;12-9-;. The summed E-state index contributed by atoms with van der Waals surface area (Å²) in [5.74, 6) is 1.12. The summed E-state index contributed by atoms with van der Waals surface area (Å²) in [5.41, 5.74) is 12.1. The minimum atomic E-state index is -0.420. The van der Waals surface area contributed by atoms with Gasteiger partial charge in [-0.05, 0) is 83.2 Å². The number of carbonyl (C=O) groups is 1. The number of pyridine rings is 1. The Bertz CT molecular complexity index is 2260. The van der Waals surface area contributed by atoms with Gasteiger partial charge in [0.05, 0.1) is 16.7 Å². The van der Waals surface area contributed by atoms with E-state index in [9.17, 15) is 9.90 Å². The third-order valence-electron chi connectivity index (χ3n) is 11.5. The minimum absolute atomic E-state index is 0. The molecule has 1 radical (unpaired) electrons.